The molecule has 2 aromatic carbocycles. The first-order valence-corrected chi connectivity index (χ1v) is 10.5. The first-order valence-electron chi connectivity index (χ1n) is 10.5. The summed E-state index contributed by atoms with van der Waals surface area (Å²) in [5.41, 5.74) is 0.873. The second-order valence-electron chi connectivity index (χ2n) is 7.39. The van der Waals surface area contributed by atoms with Gasteiger partial charge >= 0.3 is 0 Å². The number of para-hydroxylation sites is 1. The van der Waals surface area contributed by atoms with Gasteiger partial charge in [0.2, 0.25) is 11.8 Å². The van der Waals surface area contributed by atoms with Crippen molar-refractivity contribution in [1.29, 1.82) is 0 Å². The van der Waals surface area contributed by atoms with E-state index in [2.05, 4.69) is 0 Å². The Morgan fingerprint density at radius 3 is 2.19 bits per heavy atom. The van der Waals surface area contributed by atoms with E-state index in [0.717, 1.165) is 17.7 Å². The number of carbonyl (C=O) groups excluding carboxylic acids is 2. The lowest BCUT2D eigenvalue weighted by atomic mass is 10.1. The third-order valence-electron chi connectivity index (χ3n) is 5.33. The van der Waals surface area contributed by atoms with Crippen LogP contribution in [-0.4, -0.2) is 68.6 Å². The molecule has 0 unspecified atom stereocenters. The van der Waals surface area contributed by atoms with Gasteiger partial charge in [0.05, 0.1) is 33.7 Å². The van der Waals surface area contributed by atoms with Crippen LogP contribution < -0.4 is 14.2 Å². The first kappa shape index (κ1) is 22.5. The standard InChI is InChI=1S/C24H30N2O5/c1-29-21-10-9-19(17-22(21)30-2)18-24(28)26-13-6-12-25(14-15-26)23(27)11-16-31-20-7-4-3-5-8-20/h3-5,7-10,17H,6,11-16,18H2,1-2H3. The van der Waals surface area contributed by atoms with Crippen molar-refractivity contribution < 1.29 is 23.8 Å². The van der Waals surface area contributed by atoms with Gasteiger partial charge in [0.1, 0.15) is 5.75 Å². The third-order valence-corrected chi connectivity index (χ3v) is 5.33. The van der Waals surface area contributed by atoms with Crippen LogP contribution in [0.25, 0.3) is 0 Å². The monoisotopic (exact) mass is 426 g/mol. The van der Waals surface area contributed by atoms with Crippen LogP contribution >= 0.6 is 0 Å². The smallest absolute Gasteiger partial charge is 0.227 e. The van der Waals surface area contributed by atoms with Crippen LogP contribution in [0.4, 0.5) is 0 Å². The van der Waals surface area contributed by atoms with Gasteiger partial charge in [0.25, 0.3) is 0 Å². The quantitative estimate of drug-likeness (QED) is 0.649. The highest BCUT2D eigenvalue weighted by atomic mass is 16.5. The predicted molar refractivity (Wildman–Crippen MR) is 118 cm³/mol. The predicted octanol–water partition coefficient (Wildman–Crippen LogP) is 2.78. The fourth-order valence-electron chi connectivity index (χ4n) is 3.62. The third kappa shape index (κ3) is 6.38. The Kier molecular flexibility index (Phi) is 8.15. The molecule has 0 atom stereocenters. The normalized spacial score (nSPS) is 14.0. The van der Waals surface area contributed by atoms with Crippen molar-refractivity contribution in [2.45, 2.75) is 19.3 Å². The van der Waals surface area contributed by atoms with Gasteiger partial charge in [-0.2, -0.15) is 0 Å². The highest BCUT2D eigenvalue weighted by Crippen LogP contribution is 2.28. The van der Waals surface area contributed by atoms with Crippen LogP contribution in [0.1, 0.15) is 18.4 Å². The van der Waals surface area contributed by atoms with Crippen molar-refractivity contribution >= 4 is 11.8 Å². The number of nitrogens with zero attached hydrogens (tertiary/aromatic N) is 2. The van der Waals surface area contributed by atoms with Gasteiger partial charge in [-0.25, -0.2) is 0 Å². The van der Waals surface area contributed by atoms with Crippen LogP contribution in [0.15, 0.2) is 48.5 Å². The maximum Gasteiger partial charge on any atom is 0.227 e. The molecule has 7 heteroatoms. The summed E-state index contributed by atoms with van der Waals surface area (Å²) >= 11 is 0. The summed E-state index contributed by atoms with van der Waals surface area (Å²) < 4.78 is 16.2. The lowest BCUT2D eigenvalue weighted by Gasteiger charge is -2.22. The molecule has 0 spiro atoms. The molecule has 0 aliphatic carbocycles. The molecular formula is C24H30N2O5. The number of hydrogen-bond acceptors (Lipinski definition) is 5. The lowest BCUT2D eigenvalue weighted by molar-refractivity contribution is -0.133. The molecule has 0 aromatic heterocycles. The molecule has 0 saturated carbocycles. The SMILES string of the molecule is COc1ccc(CC(=O)N2CCCN(C(=O)CCOc3ccccc3)CC2)cc1OC. The minimum absolute atomic E-state index is 0.0499. The summed E-state index contributed by atoms with van der Waals surface area (Å²) in [4.78, 5) is 29.0. The fourth-order valence-corrected chi connectivity index (χ4v) is 3.62. The highest BCUT2D eigenvalue weighted by Gasteiger charge is 2.22. The molecule has 0 N–H and O–H groups in total. The Bertz CT molecular complexity index is 872. The molecule has 1 aliphatic heterocycles. The van der Waals surface area contributed by atoms with Gasteiger partial charge in [-0.1, -0.05) is 24.3 Å². The van der Waals surface area contributed by atoms with Gasteiger partial charge in [-0.05, 0) is 36.2 Å². The molecule has 1 fully saturated rings. The fraction of sp³-hybridized carbons (Fsp3) is 0.417. The van der Waals surface area contributed by atoms with E-state index >= 15 is 0 Å². The van der Waals surface area contributed by atoms with Crippen molar-refractivity contribution in [3.63, 3.8) is 0 Å². The van der Waals surface area contributed by atoms with Crippen LogP contribution in [0, 0.1) is 0 Å². The molecular weight excluding hydrogens is 396 g/mol. The maximum atomic E-state index is 12.8. The molecule has 1 aliphatic rings. The van der Waals surface area contributed by atoms with Gasteiger partial charge < -0.3 is 24.0 Å². The number of carbonyl (C=O) groups is 2. The molecule has 1 heterocycles. The van der Waals surface area contributed by atoms with Crippen LogP contribution in [0.2, 0.25) is 0 Å². The summed E-state index contributed by atoms with van der Waals surface area (Å²) in [6.07, 6.45) is 1.39. The molecule has 7 nitrogen and oxygen atoms in total. The number of benzene rings is 2. The van der Waals surface area contributed by atoms with Gasteiger partial charge in [0.15, 0.2) is 11.5 Å². The van der Waals surface area contributed by atoms with E-state index in [1.807, 2.05) is 58.3 Å². The summed E-state index contributed by atoms with van der Waals surface area (Å²) in [5.74, 6) is 2.12. The number of amides is 2. The zero-order chi connectivity index (χ0) is 22.1. The van der Waals surface area contributed by atoms with Gasteiger partial charge in [0, 0.05) is 26.2 Å². The van der Waals surface area contributed by atoms with E-state index in [-0.39, 0.29) is 11.8 Å². The molecule has 2 amide bonds. The van der Waals surface area contributed by atoms with Crippen LogP contribution in [0.5, 0.6) is 17.2 Å². The van der Waals surface area contributed by atoms with Crippen molar-refractivity contribution in [3.05, 3.63) is 54.1 Å². The van der Waals surface area contributed by atoms with E-state index in [1.165, 1.54) is 0 Å². The molecule has 166 valence electrons. The number of hydrogen-bond donors (Lipinski definition) is 0. The number of ether oxygens (including phenoxy) is 3. The van der Waals surface area contributed by atoms with E-state index in [1.54, 1.807) is 14.2 Å². The Labute approximate surface area is 183 Å². The number of rotatable bonds is 8. The van der Waals surface area contributed by atoms with E-state index in [9.17, 15) is 9.59 Å². The van der Waals surface area contributed by atoms with Crippen LogP contribution in [-0.2, 0) is 16.0 Å². The van der Waals surface area contributed by atoms with Crippen molar-refractivity contribution in [2.75, 3.05) is 47.0 Å². The first-order chi connectivity index (χ1) is 15.1. The highest BCUT2D eigenvalue weighted by molar-refractivity contribution is 5.79. The second-order valence-corrected chi connectivity index (χ2v) is 7.39. The Morgan fingerprint density at radius 2 is 1.52 bits per heavy atom. The molecule has 0 bridgehead atoms. The minimum Gasteiger partial charge on any atom is -0.493 e. The van der Waals surface area contributed by atoms with E-state index in [0.29, 0.717) is 57.1 Å². The Balaban J connectivity index is 1.47. The molecule has 0 radical (unpaired) electrons. The van der Waals surface area contributed by atoms with Crippen molar-refractivity contribution in [2.24, 2.45) is 0 Å². The lowest BCUT2D eigenvalue weighted by Crippen LogP contribution is -2.38. The zero-order valence-electron chi connectivity index (χ0n) is 18.2. The topological polar surface area (TPSA) is 68.3 Å². The Morgan fingerprint density at radius 1 is 0.839 bits per heavy atom. The molecule has 2 aromatic rings. The molecule has 31 heavy (non-hydrogen) atoms. The minimum atomic E-state index is 0.0499. The number of methoxy groups -OCH3 is 2. The summed E-state index contributed by atoms with van der Waals surface area (Å²) in [7, 11) is 3.16. The second kappa shape index (κ2) is 11.2. The largest absolute Gasteiger partial charge is 0.493 e. The molecule has 1 saturated heterocycles. The maximum absolute atomic E-state index is 12.8. The average molecular weight is 427 g/mol. The zero-order valence-corrected chi connectivity index (χ0v) is 18.2. The summed E-state index contributed by atoms with van der Waals surface area (Å²) in [5, 5.41) is 0. The Hall–Kier alpha value is -3.22. The summed E-state index contributed by atoms with van der Waals surface area (Å²) in [6, 6.07) is 15.0. The van der Waals surface area contributed by atoms with Crippen molar-refractivity contribution in [1.82, 2.24) is 9.80 Å². The van der Waals surface area contributed by atoms with E-state index < -0.39 is 0 Å². The average Bonchev–Trinajstić information content (AvgIpc) is 3.06. The van der Waals surface area contributed by atoms with E-state index in [4.69, 9.17) is 14.2 Å². The molecule has 3 rings (SSSR count). The van der Waals surface area contributed by atoms with Crippen LogP contribution in [0.3, 0.4) is 0 Å². The van der Waals surface area contributed by atoms with Gasteiger partial charge in [-0.3, -0.25) is 9.59 Å². The summed E-state index contributed by atoms with van der Waals surface area (Å²) in [6.45, 7) is 2.74. The van der Waals surface area contributed by atoms with Crippen molar-refractivity contribution in [3.8, 4) is 17.2 Å². The van der Waals surface area contributed by atoms with Gasteiger partial charge in [-0.15, -0.1) is 0 Å².